The van der Waals surface area contributed by atoms with Crippen LogP contribution in [-0.4, -0.2) is 38.9 Å². The van der Waals surface area contributed by atoms with E-state index in [0.717, 1.165) is 55.5 Å². The van der Waals surface area contributed by atoms with Crippen LogP contribution < -0.4 is 10.1 Å². The summed E-state index contributed by atoms with van der Waals surface area (Å²) in [6.45, 7) is 2.54. The molecule has 5 nitrogen and oxygen atoms in total. The van der Waals surface area contributed by atoms with E-state index in [9.17, 15) is 0 Å². The number of hydrogen-bond donors (Lipinski definition) is 1. The Morgan fingerprint density at radius 3 is 2.95 bits per heavy atom. The number of aryl methyl sites for hydroxylation is 1. The second-order valence-corrected chi connectivity index (χ2v) is 4.70. The van der Waals surface area contributed by atoms with Crippen LogP contribution in [0.5, 0.6) is 5.75 Å². The van der Waals surface area contributed by atoms with E-state index >= 15 is 0 Å². The number of hydrogen-bond acceptors (Lipinski definition) is 5. The first kappa shape index (κ1) is 15.5. The molecule has 0 spiro atoms. The molecular weight excluding hydrogens is 268 g/mol. The first-order valence-electron chi connectivity index (χ1n) is 7.12. The first-order chi connectivity index (χ1) is 10.3. The first-order valence-corrected chi connectivity index (χ1v) is 7.12. The molecule has 1 aromatic heterocycles. The molecule has 0 aliphatic rings. The predicted molar refractivity (Wildman–Crippen MR) is 81.6 cm³/mol. The van der Waals surface area contributed by atoms with Crippen molar-refractivity contribution in [3.63, 3.8) is 0 Å². The van der Waals surface area contributed by atoms with Crippen molar-refractivity contribution in [3.05, 3.63) is 36.4 Å². The molecule has 5 heteroatoms. The molecule has 0 saturated heterocycles. The van der Waals surface area contributed by atoms with Crippen LogP contribution in [0.1, 0.15) is 12.3 Å². The highest BCUT2D eigenvalue weighted by molar-refractivity contribution is 5.58. The second-order valence-electron chi connectivity index (χ2n) is 4.70. The molecule has 1 aromatic carbocycles. The average molecular weight is 290 g/mol. The van der Waals surface area contributed by atoms with Crippen molar-refractivity contribution in [3.8, 4) is 17.1 Å². The molecule has 21 heavy (non-hydrogen) atoms. The minimum absolute atomic E-state index is 0.735. The van der Waals surface area contributed by atoms with Crippen LogP contribution >= 0.6 is 0 Å². The molecule has 114 valence electrons. The Hall–Kier alpha value is -1.85. The smallest absolute Gasteiger partial charge is 0.194 e. The van der Waals surface area contributed by atoms with Gasteiger partial charge in [0, 0.05) is 25.6 Å². The lowest BCUT2D eigenvalue weighted by molar-refractivity contribution is 0.199. The number of methoxy groups -OCH3 is 2. The van der Waals surface area contributed by atoms with Crippen LogP contribution in [0.4, 0.5) is 0 Å². The lowest BCUT2D eigenvalue weighted by atomic mass is 10.2. The van der Waals surface area contributed by atoms with Crippen LogP contribution in [0.3, 0.4) is 0 Å². The van der Waals surface area contributed by atoms with Gasteiger partial charge in [0.15, 0.2) is 11.7 Å². The largest absolute Gasteiger partial charge is 0.497 e. The van der Waals surface area contributed by atoms with Gasteiger partial charge in [0.1, 0.15) is 5.75 Å². The SMILES string of the molecule is COCCNCCCc1ncc(-c2cccc(OC)c2)o1. The Kier molecular flexibility index (Phi) is 6.24. The standard InChI is InChI=1S/C16H22N2O3/c1-19-10-9-17-8-4-7-16-18-12-15(21-16)13-5-3-6-14(11-13)20-2/h3,5-6,11-12,17H,4,7-10H2,1-2H3. The van der Waals surface area contributed by atoms with Gasteiger partial charge in [0.2, 0.25) is 0 Å². The van der Waals surface area contributed by atoms with Gasteiger partial charge in [-0.25, -0.2) is 4.98 Å². The fourth-order valence-electron chi connectivity index (χ4n) is 2.00. The second kappa shape index (κ2) is 8.44. The normalized spacial score (nSPS) is 10.8. The molecular formula is C16H22N2O3. The van der Waals surface area contributed by atoms with E-state index in [2.05, 4.69) is 10.3 Å². The Bertz CT molecular complexity index is 540. The molecule has 0 radical (unpaired) electrons. The molecule has 2 rings (SSSR count). The molecule has 1 N–H and O–H groups in total. The van der Waals surface area contributed by atoms with Crippen LogP contribution in [0.25, 0.3) is 11.3 Å². The van der Waals surface area contributed by atoms with Crippen molar-refractivity contribution in [2.24, 2.45) is 0 Å². The summed E-state index contributed by atoms with van der Waals surface area (Å²) < 4.78 is 16.0. The van der Waals surface area contributed by atoms with Crippen molar-refractivity contribution in [2.45, 2.75) is 12.8 Å². The summed E-state index contributed by atoms with van der Waals surface area (Å²) in [5, 5.41) is 3.30. The van der Waals surface area contributed by atoms with E-state index in [1.54, 1.807) is 20.4 Å². The van der Waals surface area contributed by atoms with Crippen molar-refractivity contribution in [1.29, 1.82) is 0 Å². The van der Waals surface area contributed by atoms with Crippen molar-refractivity contribution in [1.82, 2.24) is 10.3 Å². The average Bonchev–Trinajstić information content (AvgIpc) is 3.00. The number of rotatable bonds is 9. The van der Waals surface area contributed by atoms with Crippen LogP contribution in [0.2, 0.25) is 0 Å². The molecule has 0 amide bonds. The maximum atomic E-state index is 5.78. The van der Waals surface area contributed by atoms with E-state index in [-0.39, 0.29) is 0 Å². The van der Waals surface area contributed by atoms with Crippen LogP contribution in [-0.2, 0) is 11.2 Å². The van der Waals surface area contributed by atoms with Gasteiger partial charge < -0.3 is 19.2 Å². The zero-order valence-corrected chi connectivity index (χ0v) is 12.6. The summed E-state index contributed by atoms with van der Waals surface area (Å²) in [5.41, 5.74) is 0.978. The molecule has 0 saturated carbocycles. The Morgan fingerprint density at radius 2 is 2.14 bits per heavy atom. The number of nitrogens with zero attached hydrogens (tertiary/aromatic N) is 1. The maximum Gasteiger partial charge on any atom is 0.194 e. The highest BCUT2D eigenvalue weighted by Crippen LogP contribution is 2.24. The summed E-state index contributed by atoms with van der Waals surface area (Å²) in [5.74, 6) is 2.35. The van der Waals surface area contributed by atoms with Gasteiger partial charge in [-0.1, -0.05) is 12.1 Å². The van der Waals surface area contributed by atoms with Gasteiger partial charge in [0.05, 0.1) is 19.9 Å². The fraction of sp³-hybridized carbons (Fsp3) is 0.438. The number of nitrogens with one attached hydrogen (secondary N) is 1. The van der Waals surface area contributed by atoms with Gasteiger partial charge in [-0.2, -0.15) is 0 Å². The number of ether oxygens (including phenoxy) is 2. The summed E-state index contributed by atoms with van der Waals surface area (Å²) in [6.07, 6.45) is 3.58. The third-order valence-electron chi connectivity index (χ3n) is 3.13. The van der Waals surface area contributed by atoms with Crippen molar-refractivity contribution < 1.29 is 13.9 Å². The summed E-state index contributed by atoms with van der Waals surface area (Å²) >= 11 is 0. The fourth-order valence-corrected chi connectivity index (χ4v) is 2.00. The minimum Gasteiger partial charge on any atom is -0.497 e. The van der Waals surface area contributed by atoms with E-state index in [1.807, 2.05) is 24.3 Å². The summed E-state index contributed by atoms with van der Waals surface area (Å²) in [4.78, 5) is 4.32. The molecule has 0 aliphatic carbocycles. The lowest BCUT2D eigenvalue weighted by Crippen LogP contribution is -2.20. The molecule has 0 fully saturated rings. The predicted octanol–water partition coefficient (Wildman–Crippen LogP) is 2.52. The van der Waals surface area contributed by atoms with Crippen LogP contribution in [0, 0.1) is 0 Å². The molecule has 0 unspecified atom stereocenters. The van der Waals surface area contributed by atoms with E-state index in [0.29, 0.717) is 0 Å². The zero-order chi connectivity index (χ0) is 14.9. The lowest BCUT2D eigenvalue weighted by Gasteiger charge is -2.02. The maximum absolute atomic E-state index is 5.78. The molecule has 0 bridgehead atoms. The van der Waals surface area contributed by atoms with E-state index < -0.39 is 0 Å². The Balaban J connectivity index is 1.83. The van der Waals surface area contributed by atoms with Gasteiger partial charge in [-0.15, -0.1) is 0 Å². The number of aromatic nitrogens is 1. The summed E-state index contributed by atoms with van der Waals surface area (Å²) in [7, 11) is 3.36. The minimum atomic E-state index is 0.735. The van der Waals surface area contributed by atoms with Gasteiger partial charge in [-0.3, -0.25) is 0 Å². The Morgan fingerprint density at radius 1 is 1.24 bits per heavy atom. The highest BCUT2D eigenvalue weighted by Gasteiger charge is 2.07. The highest BCUT2D eigenvalue weighted by atomic mass is 16.5. The Labute approximate surface area is 125 Å². The third-order valence-corrected chi connectivity index (χ3v) is 3.13. The zero-order valence-electron chi connectivity index (χ0n) is 12.6. The van der Waals surface area contributed by atoms with E-state index in [1.165, 1.54) is 0 Å². The molecule has 0 aliphatic heterocycles. The molecule has 1 heterocycles. The molecule has 2 aromatic rings. The third kappa shape index (κ3) is 4.88. The monoisotopic (exact) mass is 290 g/mol. The van der Waals surface area contributed by atoms with Gasteiger partial charge >= 0.3 is 0 Å². The number of oxazole rings is 1. The van der Waals surface area contributed by atoms with Gasteiger partial charge in [-0.05, 0) is 25.1 Å². The topological polar surface area (TPSA) is 56.5 Å². The number of benzene rings is 1. The van der Waals surface area contributed by atoms with Crippen molar-refractivity contribution >= 4 is 0 Å². The molecule has 0 atom stereocenters. The van der Waals surface area contributed by atoms with E-state index in [4.69, 9.17) is 13.9 Å². The van der Waals surface area contributed by atoms with Gasteiger partial charge in [0.25, 0.3) is 0 Å². The summed E-state index contributed by atoms with van der Waals surface area (Å²) in [6, 6.07) is 7.78. The van der Waals surface area contributed by atoms with Crippen molar-refractivity contribution in [2.75, 3.05) is 33.9 Å². The van der Waals surface area contributed by atoms with Crippen LogP contribution in [0.15, 0.2) is 34.9 Å². The quantitative estimate of drug-likeness (QED) is 0.719.